The molecule has 0 aliphatic heterocycles. The van der Waals surface area contributed by atoms with Crippen LogP contribution in [0.2, 0.25) is 0 Å². The molecular weight excluding hydrogens is 240 g/mol. The second-order valence-electron chi connectivity index (χ2n) is 4.70. The van der Waals surface area contributed by atoms with Crippen molar-refractivity contribution in [3.05, 3.63) is 0 Å². The third kappa shape index (κ3) is 9.73. The van der Waals surface area contributed by atoms with Gasteiger partial charge in [0.2, 0.25) is 0 Å². The van der Waals surface area contributed by atoms with Crippen LogP contribution in [0.1, 0.15) is 34.1 Å². The van der Waals surface area contributed by atoms with E-state index < -0.39 is 0 Å². The highest BCUT2D eigenvalue weighted by Gasteiger charge is 2.06. The Morgan fingerprint density at radius 1 is 1.21 bits per heavy atom. The zero-order chi connectivity index (χ0) is 14.5. The van der Waals surface area contributed by atoms with Crippen LogP contribution in [0.5, 0.6) is 0 Å². The summed E-state index contributed by atoms with van der Waals surface area (Å²) >= 11 is 0. The van der Waals surface area contributed by atoms with Gasteiger partial charge in [-0.05, 0) is 33.7 Å². The molecule has 0 heterocycles. The van der Waals surface area contributed by atoms with Crippen LogP contribution in [0, 0.1) is 0 Å². The van der Waals surface area contributed by atoms with Crippen molar-refractivity contribution >= 4 is 5.96 Å². The summed E-state index contributed by atoms with van der Waals surface area (Å²) in [6.45, 7) is 14.2. The standard InChI is InChI=1S/C14H32N4O/c1-6-18(13(3)4)11-10-17-14(15-5)16-9-8-12-19-7-2/h13H,6-12H2,1-5H3,(H2,15,16,17). The van der Waals surface area contributed by atoms with Gasteiger partial charge in [-0.25, -0.2) is 0 Å². The van der Waals surface area contributed by atoms with Crippen LogP contribution in [0.15, 0.2) is 4.99 Å². The van der Waals surface area contributed by atoms with Crippen molar-refractivity contribution in [3.8, 4) is 0 Å². The Morgan fingerprint density at radius 3 is 2.42 bits per heavy atom. The molecule has 0 unspecified atom stereocenters. The molecule has 0 bridgehead atoms. The van der Waals surface area contributed by atoms with Crippen molar-refractivity contribution in [3.63, 3.8) is 0 Å². The lowest BCUT2D eigenvalue weighted by Crippen LogP contribution is -2.43. The quantitative estimate of drug-likeness (QED) is 0.358. The number of ether oxygens (including phenoxy) is 1. The van der Waals surface area contributed by atoms with Gasteiger partial charge in [0, 0.05) is 45.9 Å². The van der Waals surface area contributed by atoms with Gasteiger partial charge >= 0.3 is 0 Å². The molecular formula is C14H32N4O. The lowest BCUT2D eigenvalue weighted by molar-refractivity contribution is 0.145. The average molecular weight is 272 g/mol. The molecule has 0 aliphatic carbocycles. The maximum atomic E-state index is 5.30. The summed E-state index contributed by atoms with van der Waals surface area (Å²) in [5.41, 5.74) is 0. The fourth-order valence-electron chi connectivity index (χ4n) is 1.85. The minimum absolute atomic E-state index is 0.591. The predicted molar refractivity (Wildman–Crippen MR) is 82.9 cm³/mol. The summed E-state index contributed by atoms with van der Waals surface area (Å²) in [6.07, 6.45) is 1.00. The van der Waals surface area contributed by atoms with Crippen LogP contribution in [0.4, 0.5) is 0 Å². The Kier molecular flexibility index (Phi) is 11.7. The Bertz CT molecular complexity index is 231. The zero-order valence-corrected chi connectivity index (χ0v) is 13.3. The highest BCUT2D eigenvalue weighted by Crippen LogP contribution is 1.95. The van der Waals surface area contributed by atoms with Crippen LogP contribution < -0.4 is 10.6 Å². The van der Waals surface area contributed by atoms with Gasteiger partial charge in [-0.1, -0.05) is 6.92 Å². The third-order valence-electron chi connectivity index (χ3n) is 3.01. The normalized spacial score (nSPS) is 12.3. The van der Waals surface area contributed by atoms with E-state index in [1.165, 1.54) is 0 Å². The fraction of sp³-hybridized carbons (Fsp3) is 0.929. The van der Waals surface area contributed by atoms with E-state index in [-0.39, 0.29) is 0 Å². The molecule has 0 saturated heterocycles. The molecule has 0 atom stereocenters. The second-order valence-corrected chi connectivity index (χ2v) is 4.70. The summed E-state index contributed by atoms with van der Waals surface area (Å²) in [5.74, 6) is 0.872. The van der Waals surface area contributed by atoms with E-state index >= 15 is 0 Å². The average Bonchev–Trinajstić information content (AvgIpc) is 2.40. The first-order chi connectivity index (χ1) is 9.15. The maximum absolute atomic E-state index is 5.30. The molecule has 0 aromatic rings. The molecule has 0 aromatic carbocycles. The third-order valence-corrected chi connectivity index (χ3v) is 3.01. The van der Waals surface area contributed by atoms with Crippen LogP contribution >= 0.6 is 0 Å². The smallest absolute Gasteiger partial charge is 0.191 e. The number of nitrogens with zero attached hydrogens (tertiary/aromatic N) is 2. The lowest BCUT2D eigenvalue weighted by Gasteiger charge is -2.25. The number of hydrogen-bond acceptors (Lipinski definition) is 3. The van der Waals surface area contributed by atoms with Gasteiger partial charge in [-0.3, -0.25) is 9.89 Å². The Hall–Kier alpha value is -0.810. The molecule has 0 aromatic heterocycles. The summed E-state index contributed by atoms with van der Waals surface area (Å²) in [4.78, 5) is 6.63. The summed E-state index contributed by atoms with van der Waals surface area (Å²) in [5, 5.41) is 6.63. The molecule has 114 valence electrons. The van der Waals surface area contributed by atoms with Gasteiger partial charge in [0.1, 0.15) is 0 Å². The first-order valence-electron chi connectivity index (χ1n) is 7.41. The number of rotatable bonds is 10. The van der Waals surface area contributed by atoms with E-state index in [4.69, 9.17) is 4.74 Å². The molecule has 5 nitrogen and oxygen atoms in total. The van der Waals surface area contributed by atoms with Crippen LogP contribution in [0.25, 0.3) is 0 Å². The zero-order valence-electron chi connectivity index (χ0n) is 13.3. The molecule has 0 spiro atoms. The number of hydrogen-bond donors (Lipinski definition) is 2. The number of likely N-dealkylation sites (N-methyl/N-ethyl adjacent to an activating group) is 1. The van der Waals surface area contributed by atoms with E-state index in [9.17, 15) is 0 Å². The summed E-state index contributed by atoms with van der Waals surface area (Å²) in [7, 11) is 1.80. The van der Waals surface area contributed by atoms with Crippen LogP contribution in [0.3, 0.4) is 0 Å². The minimum atomic E-state index is 0.591. The van der Waals surface area contributed by atoms with Gasteiger partial charge in [-0.2, -0.15) is 0 Å². The largest absolute Gasteiger partial charge is 0.382 e. The van der Waals surface area contributed by atoms with Gasteiger partial charge in [0.05, 0.1) is 0 Å². The van der Waals surface area contributed by atoms with Crippen molar-refractivity contribution in [2.24, 2.45) is 4.99 Å². The van der Waals surface area contributed by atoms with Crippen molar-refractivity contribution in [2.45, 2.75) is 40.2 Å². The van der Waals surface area contributed by atoms with Gasteiger partial charge in [-0.15, -0.1) is 0 Å². The maximum Gasteiger partial charge on any atom is 0.191 e. The lowest BCUT2D eigenvalue weighted by atomic mass is 10.3. The molecule has 0 amide bonds. The molecule has 5 heteroatoms. The van der Waals surface area contributed by atoms with E-state index in [2.05, 4.69) is 41.3 Å². The topological polar surface area (TPSA) is 48.9 Å². The first-order valence-corrected chi connectivity index (χ1v) is 7.41. The number of nitrogens with one attached hydrogen (secondary N) is 2. The molecule has 0 radical (unpaired) electrons. The predicted octanol–water partition coefficient (Wildman–Crippen LogP) is 1.31. The molecule has 2 N–H and O–H groups in total. The van der Waals surface area contributed by atoms with Crippen molar-refractivity contribution in [1.82, 2.24) is 15.5 Å². The molecule has 0 saturated carbocycles. The van der Waals surface area contributed by atoms with Crippen LogP contribution in [-0.4, -0.2) is 63.3 Å². The number of guanidine groups is 1. The molecule has 0 rings (SSSR count). The van der Waals surface area contributed by atoms with Gasteiger partial charge in [0.15, 0.2) is 5.96 Å². The molecule has 19 heavy (non-hydrogen) atoms. The van der Waals surface area contributed by atoms with E-state index in [1.807, 2.05) is 6.92 Å². The molecule has 0 aliphatic rings. The van der Waals surface area contributed by atoms with Crippen molar-refractivity contribution in [1.29, 1.82) is 0 Å². The minimum Gasteiger partial charge on any atom is -0.382 e. The molecule has 0 fully saturated rings. The second kappa shape index (κ2) is 12.2. The van der Waals surface area contributed by atoms with E-state index in [0.717, 1.165) is 51.8 Å². The Morgan fingerprint density at radius 2 is 1.89 bits per heavy atom. The number of aliphatic imine (C=N–C) groups is 1. The highest BCUT2D eigenvalue weighted by molar-refractivity contribution is 5.79. The fourth-order valence-corrected chi connectivity index (χ4v) is 1.85. The summed E-state index contributed by atoms with van der Waals surface area (Å²) in [6, 6.07) is 0.591. The Labute approximate surface area is 118 Å². The monoisotopic (exact) mass is 272 g/mol. The Balaban J connectivity index is 3.70. The SMILES string of the molecule is CCOCCCNC(=NC)NCCN(CC)C(C)C. The van der Waals surface area contributed by atoms with Crippen molar-refractivity contribution in [2.75, 3.05) is 46.4 Å². The summed E-state index contributed by atoms with van der Waals surface area (Å²) < 4.78 is 5.30. The van der Waals surface area contributed by atoms with E-state index in [1.54, 1.807) is 7.05 Å². The van der Waals surface area contributed by atoms with Gasteiger partial charge in [0.25, 0.3) is 0 Å². The van der Waals surface area contributed by atoms with Crippen LogP contribution in [-0.2, 0) is 4.74 Å². The van der Waals surface area contributed by atoms with Gasteiger partial charge < -0.3 is 15.4 Å². The first kappa shape index (κ1) is 18.2. The van der Waals surface area contributed by atoms with E-state index in [0.29, 0.717) is 6.04 Å². The highest BCUT2D eigenvalue weighted by atomic mass is 16.5. The van der Waals surface area contributed by atoms with Crippen molar-refractivity contribution < 1.29 is 4.74 Å².